The van der Waals surface area contributed by atoms with E-state index in [9.17, 15) is 9.90 Å². The van der Waals surface area contributed by atoms with Crippen molar-refractivity contribution >= 4 is 5.78 Å². The van der Waals surface area contributed by atoms with Crippen molar-refractivity contribution in [2.24, 2.45) is 5.92 Å². The van der Waals surface area contributed by atoms with Gasteiger partial charge in [0.15, 0.2) is 23.4 Å². The van der Waals surface area contributed by atoms with Crippen LogP contribution in [0.2, 0.25) is 0 Å². The molecule has 110 valence electrons. The van der Waals surface area contributed by atoms with Gasteiger partial charge in [0, 0.05) is 28.9 Å². The van der Waals surface area contributed by atoms with E-state index < -0.39 is 24.9 Å². The fourth-order valence-corrected chi connectivity index (χ4v) is 5.07. The SMILES string of the molecule is [2H]C1CC(=O)[C@@H]2Oc3c(O)ccc4c3[C@@]23CCN(C([2H])([2H])[2H])[C@H](C4)[C@H]13. The molecular formula is C17H19NO3. The van der Waals surface area contributed by atoms with Gasteiger partial charge in [-0.2, -0.15) is 0 Å². The van der Waals surface area contributed by atoms with E-state index in [1.807, 2.05) is 6.07 Å². The number of nitrogens with zero attached hydrogens (tertiary/aromatic N) is 1. The fourth-order valence-electron chi connectivity index (χ4n) is 5.07. The Kier molecular flexibility index (Phi) is 1.51. The molecule has 2 heterocycles. The molecule has 2 aliphatic heterocycles. The van der Waals surface area contributed by atoms with Gasteiger partial charge in [-0.15, -0.1) is 0 Å². The van der Waals surface area contributed by atoms with Gasteiger partial charge >= 0.3 is 0 Å². The largest absolute Gasteiger partial charge is 0.504 e. The van der Waals surface area contributed by atoms with E-state index in [0.29, 0.717) is 25.1 Å². The van der Waals surface area contributed by atoms with Crippen LogP contribution in [-0.2, 0) is 16.6 Å². The molecule has 4 aliphatic rings. The van der Waals surface area contributed by atoms with E-state index in [4.69, 9.17) is 10.2 Å². The van der Waals surface area contributed by atoms with Gasteiger partial charge in [0.25, 0.3) is 0 Å². The van der Waals surface area contributed by atoms with Crippen LogP contribution in [0.25, 0.3) is 0 Å². The number of benzene rings is 1. The first-order valence-corrected chi connectivity index (χ1v) is 7.49. The lowest BCUT2D eigenvalue weighted by molar-refractivity contribution is -0.138. The first-order chi connectivity index (χ1) is 11.7. The molecule has 2 fully saturated rings. The molecular weight excluding hydrogens is 266 g/mol. The molecule has 1 aromatic carbocycles. The summed E-state index contributed by atoms with van der Waals surface area (Å²) >= 11 is 0. The van der Waals surface area contributed by atoms with Gasteiger partial charge in [-0.25, -0.2) is 0 Å². The maximum Gasteiger partial charge on any atom is 0.174 e. The Morgan fingerprint density at radius 2 is 2.48 bits per heavy atom. The lowest BCUT2D eigenvalue weighted by Gasteiger charge is -2.57. The summed E-state index contributed by atoms with van der Waals surface area (Å²) < 4.78 is 38.2. The highest BCUT2D eigenvalue weighted by Crippen LogP contribution is 2.62. The minimum Gasteiger partial charge on any atom is -0.504 e. The van der Waals surface area contributed by atoms with E-state index in [-0.39, 0.29) is 29.9 Å². The molecule has 4 heteroatoms. The van der Waals surface area contributed by atoms with Crippen molar-refractivity contribution in [3.05, 3.63) is 23.3 Å². The number of rotatable bonds is 0. The third kappa shape index (κ3) is 1.20. The zero-order chi connectivity index (χ0) is 17.7. The second-order valence-corrected chi connectivity index (χ2v) is 6.63. The minimum atomic E-state index is -2.22. The van der Waals surface area contributed by atoms with Crippen molar-refractivity contribution in [3.8, 4) is 11.5 Å². The highest BCUT2D eigenvalue weighted by Gasteiger charge is 2.65. The monoisotopic (exact) mass is 289 g/mol. The number of hydrogen-bond acceptors (Lipinski definition) is 4. The molecule has 21 heavy (non-hydrogen) atoms. The molecule has 1 saturated heterocycles. The molecule has 0 radical (unpaired) electrons. The molecule has 2 bridgehead atoms. The van der Waals surface area contributed by atoms with Gasteiger partial charge in [0.05, 0.1) is 0 Å². The van der Waals surface area contributed by atoms with Crippen LogP contribution in [-0.4, -0.2) is 41.5 Å². The summed E-state index contributed by atoms with van der Waals surface area (Å²) in [7, 11) is 0. The molecule has 1 spiro atoms. The van der Waals surface area contributed by atoms with E-state index in [1.165, 1.54) is 4.90 Å². The first kappa shape index (κ1) is 8.79. The summed E-state index contributed by atoms with van der Waals surface area (Å²) in [5.41, 5.74) is 1.12. The average molecular weight is 289 g/mol. The summed E-state index contributed by atoms with van der Waals surface area (Å²) in [6.07, 6.45) is -0.312. The van der Waals surface area contributed by atoms with Crippen molar-refractivity contribution < 1.29 is 20.1 Å². The number of likely N-dealkylation sites (N-methyl/N-ethyl adjacent to an activating group) is 1. The van der Waals surface area contributed by atoms with Crippen LogP contribution in [0.5, 0.6) is 11.5 Å². The van der Waals surface area contributed by atoms with E-state index >= 15 is 0 Å². The molecule has 0 aromatic heterocycles. The first-order valence-electron chi connectivity index (χ1n) is 9.56. The van der Waals surface area contributed by atoms with Crippen molar-refractivity contribution in [2.75, 3.05) is 13.5 Å². The third-order valence-corrected chi connectivity index (χ3v) is 5.86. The number of likely N-dealkylation sites (tertiary alicyclic amines) is 1. The van der Waals surface area contributed by atoms with Crippen LogP contribution in [0.15, 0.2) is 12.1 Å². The maximum atomic E-state index is 12.7. The number of Topliss-reactive ketones (excluding diaryl/α,β-unsaturated/α-hetero) is 1. The topological polar surface area (TPSA) is 49.8 Å². The molecule has 2 aliphatic carbocycles. The third-order valence-electron chi connectivity index (χ3n) is 5.86. The van der Waals surface area contributed by atoms with Crippen LogP contribution in [0.3, 0.4) is 0 Å². The van der Waals surface area contributed by atoms with E-state index in [1.54, 1.807) is 6.07 Å². The van der Waals surface area contributed by atoms with Crippen LogP contribution in [0.1, 0.15) is 35.8 Å². The fraction of sp³-hybridized carbons (Fsp3) is 0.588. The number of aromatic hydroxyl groups is 1. The Hall–Kier alpha value is -1.55. The molecule has 1 unspecified atom stereocenters. The number of ether oxygens (including phenoxy) is 1. The van der Waals surface area contributed by atoms with Crippen LogP contribution in [0.4, 0.5) is 0 Å². The second kappa shape index (κ2) is 3.61. The second-order valence-electron chi connectivity index (χ2n) is 6.63. The molecule has 5 rings (SSSR count). The van der Waals surface area contributed by atoms with Gasteiger partial charge in [0.1, 0.15) is 0 Å². The number of carbonyl (C=O) groups is 1. The minimum absolute atomic E-state index is 0.0207. The molecule has 4 nitrogen and oxygen atoms in total. The quantitative estimate of drug-likeness (QED) is 0.788. The van der Waals surface area contributed by atoms with Gasteiger partial charge in [-0.1, -0.05) is 6.07 Å². The molecule has 1 saturated carbocycles. The number of carbonyl (C=O) groups excluding carboxylic acids is 1. The zero-order valence-corrected chi connectivity index (χ0v) is 11.5. The molecule has 0 amide bonds. The maximum absolute atomic E-state index is 12.7. The molecule has 1 aromatic rings. The number of hydrogen-bond donors (Lipinski definition) is 1. The Morgan fingerprint density at radius 1 is 1.57 bits per heavy atom. The summed E-state index contributed by atoms with van der Waals surface area (Å²) in [6.45, 7) is -1.88. The van der Waals surface area contributed by atoms with Crippen molar-refractivity contribution in [2.45, 2.75) is 43.2 Å². The van der Waals surface area contributed by atoms with E-state index in [0.717, 1.165) is 11.1 Å². The Labute approximate surface area is 129 Å². The lowest BCUT2D eigenvalue weighted by atomic mass is 9.52. The van der Waals surface area contributed by atoms with Crippen molar-refractivity contribution in [3.63, 3.8) is 0 Å². The highest BCUT2D eigenvalue weighted by molar-refractivity contribution is 5.89. The molecule has 1 N–H and O–H groups in total. The summed E-state index contributed by atoms with van der Waals surface area (Å²) in [5, 5.41) is 10.3. The van der Waals surface area contributed by atoms with Gasteiger partial charge in [-0.05, 0) is 50.3 Å². The predicted octanol–water partition coefficient (Wildman–Crippen LogP) is 1.63. The standard InChI is InChI=1S/C17H19NO3/c1-18-7-6-17-10-3-5-13(20)16(17)21-15-12(19)4-2-9(14(15)17)8-11(10)18/h2,4,10-11,16,19H,3,5-8H2,1H3/t10-,11+,16-,17-/m0/s1/i1D3,3D/t3?,10-,11+,16-,17-. The van der Waals surface area contributed by atoms with Gasteiger partial charge < -0.3 is 14.7 Å². The summed E-state index contributed by atoms with van der Waals surface area (Å²) in [4.78, 5) is 14.2. The van der Waals surface area contributed by atoms with Crippen molar-refractivity contribution in [1.29, 1.82) is 0 Å². The Morgan fingerprint density at radius 3 is 3.33 bits per heavy atom. The number of phenols is 1. The Bertz CT molecular complexity index is 795. The predicted molar refractivity (Wildman–Crippen MR) is 76.7 cm³/mol. The Balaban J connectivity index is 1.78. The van der Waals surface area contributed by atoms with Crippen LogP contribution < -0.4 is 4.74 Å². The number of piperidine rings is 1. The average Bonchev–Trinajstić information content (AvgIpc) is 2.85. The van der Waals surface area contributed by atoms with Crippen molar-refractivity contribution in [1.82, 2.24) is 4.90 Å². The zero-order valence-electron chi connectivity index (χ0n) is 15.5. The normalized spacial score (nSPS) is 46.8. The number of phenolic OH excluding ortho intramolecular Hbond substituents is 1. The summed E-state index contributed by atoms with van der Waals surface area (Å²) in [5.74, 6) is 0.00347. The smallest absolute Gasteiger partial charge is 0.174 e. The van der Waals surface area contributed by atoms with Gasteiger partial charge in [-0.3, -0.25) is 4.79 Å². The summed E-state index contributed by atoms with van der Waals surface area (Å²) in [6, 6.07) is 3.05. The number of ketones is 1. The van der Waals surface area contributed by atoms with E-state index in [2.05, 4.69) is 0 Å². The van der Waals surface area contributed by atoms with Crippen LogP contribution in [0, 0.1) is 5.92 Å². The highest BCUT2D eigenvalue weighted by atomic mass is 16.5. The van der Waals surface area contributed by atoms with Crippen LogP contribution >= 0.6 is 0 Å². The molecule has 5 atom stereocenters. The van der Waals surface area contributed by atoms with Gasteiger partial charge in [0.2, 0.25) is 0 Å². The lowest BCUT2D eigenvalue weighted by Crippen LogP contribution is -2.65.